The summed E-state index contributed by atoms with van der Waals surface area (Å²) in [5.41, 5.74) is 1.30. The van der Waals surface area contributed by atoms with Gasteiger partial charge in [0.1, 0.15) is 0 Å². The van der Waals surface area contributed by atoms with E-state index < -0.39 is 0 Å². The van der Waals surface area contributed by atoms with Crippen molar-refractivity contribution in [2.24, 2.45) is 0 Å². The quantitative estimate of drug-likeness (QED) is 0.655. The van der Waals surface area contributed by atoms with Crippen LogP contribution in [0.2, 0.25) is 0 Å². The Morgan fingerprint density at radius 2 is 1.80 bits per heavy atom. The molecule has 0 unspecified atom stereocenters. The third-order valence-corrected chi connectivity index (χ3v) is 2.33. The van der Waals surface area contributed by atoms with Crippen LogP contribution < -0.4 is 8.51 Å². The van der Waals surface area contributed by atoms with Gasteiger partial charge in [-0.15, -0.1) is 0 Å². The predicted molar refractivity (Wildman–Crippen MR) is 46.2 cm³/mol. The van der Waals surface area contributed by atoms with E-state index in [2.05, 4.69) is 43.3 Å². The SMILES string of the molecule is CN(C)c1ccccc1[Te]. The Morgan fingerprint density at radius 1 is 1.20 bits per heavy atom. The summed E-state index contributed by atoms with van der Waals surface area (Å²) in [6.07, 6.45) is 0. The van der Waals surface area contributed by atoms with Crippen molar-refractivity contribution >= 4 is 31.6 Å². The monoisotopic (exact) mass is 250 g/mol. The predicted octanol–water partition coefficient (Wildman–Crippen LogP) is 0.546. The topological polar surface area (TPSA) is 3.24 Å². The van der Waals surface area contributed by atoms with Crippen molar-refractivity contribution in [1.29, 1.82) is 0 Å². The van der Waals surface area contributed by atoms with Crippen LogP contribution >= 0.6 is 0 Å². The Labute approximate surface area is 74.9 Å². The fourth-order valence-corrected chi connectivity index (χ4v) is 1.77. The Morgan fingerprint density at radius 3 is 2.20 bits per heavy atom. The van der Waals surface area contributed by atoms with E-state index in [1.807, 2.05) is 22.3 Å². The van der Waals surface area contributed by atoms with E-state index in [1.165, 1.54) is 9.30 Å². The van der Waals surface area contributed by atoms with E-state index in [9.17, 15) is 0 Å². The van der Waals surface area contributed by atoms with E-state index in [0.29, 0.717) is 0 Å². The van der Waals surface area contributed by atoms with Crippen molar-refractivity contribution in [3.63, 3.8) is 0 Å². The Kier molecular flexibility index (Phi) is 2.59. The molecule has 0 atom stereocenters. The standard InChI is InChI=1S/C8H10NTe/c1-9(2)7-5-3-4-6-8(7)10/h3-6H,1-2H3. The first-order chi connectivity index (χ1) is 4.72. The van der Waals surface area contributed by atoms with Crippen molar-refractivity contribution in [3.8, 4) is 0 Å². The van der Waals surface area contributed by atoms with E-state index in [1.54, 1.807) is 0 Å². The van der Waals surface area contributed by atoms with Gasteiger partial charge in [-0.2, -0.15) is 0 Å². The molecule has 0 saturated heterocycles. The molecule has 0 heterocycles. The summed E-state index contributed by atoms with van der Waals surface area (Å²) in [7, 11) is 4.12. The van der Waals surface area contributed by atoms with Gasteiger partial charge in [-0.25, -0.2) is 0 Å². The summed E-state index contributed by atoms with van der Waals surface area (Å²) < 4.78 is 1.34. The third-order valence-electron chi connectivity index (χ3n) is 1.35. The molecule has 0 aliphatic heterocycles. The molecule has 0 aliphatic carbocycles. The second kappa shape index (κ2) is 3.27. The molecule has 1 radical (unpaired) electrons. The van der Waals surface area contributed by atoms with Crippen molar-refractivity contribution in [1.82, 2.24) is 0 Å². The van der Waals surface area contributed by atoms with Gasteiger partial charge in [0.25, 0.3) is 0 Å². The summed E-state index contributed by atoms with van der Waals surface area (Å²) in [4.78, 5) is 2.12. The third kappa shape index (κ3) is 1.65. The Bertz CT molecular complexity index is 220. The minimum atomic E-state index is 1.30. The molecular formula is C8H10NTe. The zero-order valence-electron chi connectivity index (χ0n) is 6.16. The summed E-state index contributed by atoms with van der Waals surface area (Å²) >= 11 is 2.05. The minimum absolute atomic E-state index is 1.30. The molecule has 0 N–H and O–H groups in total. The molecule has 0 aromatic heterocycles. The Balaban J connectivity index is 3.03. The van der Waals surface area contributed by atoms with E-state index in [4.69, 9.17) is 0 Å². The molecule has 0 spiro atoms. The van der Waals surface area contributed by atoms with Gasteiger partial charge in [0, 0.05) is 0 Å². The number of hydrogen-bond donors (Lipinski definition) is 0. The number of hydrogen-bond acceptors (Lipinski definition) is 1. The summed E-state index contributed by atoms with van der Waals surface area (Å²) in [5.74, 6) is 0. The van der Waals surface area contributed by atoms with Gasteiger partial charge < -0.3 is 0 Å². The number of anilines is 1. The first kappa shape index (κ1) is 7.91. The summed E-state index contributed by atoms with van der Waals surface area (Å²) in [5, 5.41) is 0. The second-order valence-electron chi connectivity index (χ2n) is 2.36. The van der Waals surface area contributed by atoms with Gasteiger partial charge in [-0.3, -0.25) is 0 Å². The molecule has 1 rings (SSSR count). The van der Waals surface area contributed by atoms with Crippen molar-refractivity contribution < 1.29 is 0 Å². The molecule has 0 aliphatic rings. The van der Waals surface area contributed by atoms with Gasteiger partial charge in [-0.05, 0) is 0 Å². The molecule has 1 aromatic rings. The molecule has 0 fully saturated rings. The van der Waals surface area contributed by atoms with Gasteiger partial charge in [0.05, 0.1) is 0 Å². The molecular weight excluding hydrogens is 238 g/mol. The van der Waals surface area contributed by atoms with Crippen LogP contribution in [0.5, 0.6) is 0 Å². The fraction of sp³-hybridized carbons (Fsp3) is 0.250. The number of nitrogens with zero attached hydrogens (tertiary/aromatic N) is 1. The van der Waals surface area contributed by atoms with E-state index in [-0.39, 0.29) is 0 Å². The van der Waals surface area contributed by atoms with Crippen molar-refractivity contribution in [2.75, 3.05) is 19.0 Å². The van der Waals surface area contributed by atoms with Gasteiger partial charge in [0.2, 0.25) is 0 Å². The van der Waals surface area contributed by atoms with Crippen LogP contribution in [0.1, 0.15) is 0 Å². The van der Waals surface area contributed by atoms with Crippen LogP contribution in [0.3, 0.4) is 0 Å². The number of rotatable bonds is 1. The van der Waals surface area contributed by atoms with E-state index >= 15 is 0 Å². The van der Waals surface area contributed by atoms with Crippen LogP contribution in [0.25, 0.3) is 0 Å². The normalized spacial score (nSPS) is 9.40. The van der Waals surface area contributed by atoms with Crippen LogP contribution in [0, 0.1) is 0 Å². The van der Waals surface area contributed by atoms with Gasteiger partial charge in [-0.1, -0.05) is 0 Å². The van der Waals surface area contributed by atoms with Crippen LogP contribution in [-0.2, 0) is 0 Å². The van der Waals surface area contributed by atoms with Gasteiger partial charge in [0.15, 0.2) is 0 Å². The summed E-state index contributed by atoms with van der Waals surface area (Å²) in [6.45, 7) is 0. The molecule has 10 heavy (non-hydrogen) atoms. The fourth-order valence-electron chi connectivity index (χ4n) is 0.827. The first-order valence-corrected chi connectivity index (χ1v) is 4.31. The molecule has 53 valence electrons. The van der Waals surface area contributed by atoms with Gasteiger partial charge >= 0.3 is 74.9 Å². The zero-order valence-corrected chi connectivity index (χ0v) is 8.50. The molecule has 0 saturated carbocycles. The average molecular weight is 248 g/mol. The molecule has 0 bridgehead atoms. The van der Waals surface area contributed by atoms with Crippen molar-refractivity contribution in [3.05, 3.63) is 24.3 Å². The molecule has 1 aromatic carbocycles. The average Bonchev–Trinajstić information content (AvgIpc) is 1.88. The zero-order chi connectivity index (χ0) is 7.56. The number of para-hydroxylation sites is 1. The summed E-state index contributed by atoms with van der Waals surface area (Å²) in [6, 6.07) is 8.37. The molecule has 0 amide bonds. The molecule has 1 nitrogen and oxygen atoms in total. The number of benzene rings is 1. The van der Waals surface area contributed by atoms with Crippen molar-refractivity contribution in [2.45, 2.75) is 0 Å². The van der Waals surface area contributed by atoms with Crippen LogP contribution in [0.4, 0.5) is 5.69 Å². The molecule has 2 heteroatoms. The Hall–Kier alpha value is -0.190. The first-order valence-electron chi connectivity index (χ1n) is 3.15. The maximum absolute atomic E-state index is 2.12. The van der Waals surface area contributed by atoms with E-state index in [0.717, 1.165) is 0 Å². The van der Waals surface area contributed by atoms with Crippen LogP contribution in [-0.4, -0.2) is 36.4 Å². The van der Waals surface area contributed by atoms with Crippen LogP contribution in [0.15, 0.2) is 24.3 Å². The maximum atomic E-state index is 2.12. The second-order valence-corrected chi connectivity index (χ2v) is 3.62.